The first-order valence-electron chi connectivity index (χ1n) is 7.83. The van der Waals surface area contributed by atoms with Crippen LogP contribution in [0.5, 0.6) is 0 Å². The third-order valence-electron chi connectivity index (χ3n) is 3.88. The summed E-state index contributed by atoms with van der Waals surface area (Å²) in [6.45, 7) is 4.56. The molecule has 0 bridgehead atoms. The maximum atomic E-state index is 12.6. The van der Waals surface area contributed by atoms with Gasteiger partial charge in [0.05, 0.1) is 11.1 Å². The highest BCUT2D eigenvalue weighted by molar-refractivity contribution is 6.06. The third kappa shape index (κ3) is 3.57. The summed E-state index contributed by atoms with van der Waals surface area (Å²) >= 11 is 0. The van der Waals surface area contributed by atoms with Crippen molar-refractivity contribution < 1.29 is 4.79 Å². The fourth-order valence-corrected chi connectivity index (χ4v) is 2.72. The van der Waals surface area contributed by atoms with Gasteiger partial charge in [-0.2, -0.15) is 0 Å². The SMILES string of the molecule is Cc1ccc2nc(C)cc(C(=O)NCCc3ccccc3)c2c1. The van der Waals surface area contributed by atoms with Crippen molar-refractivity contribution in [3.05, 3.63) is 77.0 Å². The number of aromatic nitrogens is 1. The molecule has 0 radical (unpaired) electrons. The Balaban J connectivity index is 1.79. The van der Waals surface area contributed by atoms with Gasteiger partial charge in [-0.3, -0.25) is 9.78 Å². The third-order valence-corrected chi connectivity index (χ3v) is 3.88. The van der Waals surface area contributed by atoms with Crippen LogP contribution in [0.3, 0.4) is 0 Å². The Morgan fingerprint density at radius 2 is 1.83 bits per heavy atom. The molecule has 116 valence electrons. The van der Waals surface area contributed by atoms with Gasteiger partial charge in [-0.1, -0.05) is 42.0 Å². The Hall–Kier alpha value is -2.68. The van der Waals surface area contributed by atoms with E-state index >= 15 is 0 Å². The molecule has 0 saturated heterocycles. The normalized spacial score (nSPS) is 10.7. The van der Waals surface area contributed by atoms with Gasteiger partial charge in [0.15, 0.2) is 0 Å². The number of benzene rings is 2. The van der Waals surface area contributed by atoms with E-state index < -0.39 is 0 Å². The van der Waals surface area contributed by atoms with Crippen LogP contribution in [0.4, 0.5) is 0 Å². The van der Waals surface area contributed by atoms with Gasteiger partial charge in [-0.15, -0.1) is 0 Å². The second-order valence-electron chi connectivity index (χ2n) is 5.82. The Morgan fingerprint density at radius 3 is 2.61 bits per heavy atom. The van der Waals surface area contributed by atoms with Gasteiger partial charge in [0.25, 0.3) is 5.91 Å². The van der Waals surface area contributed by atoms with Crippen LogP contribution in [0.2, 0.25) is 0 Å². The lowest BCUT2D eigenvalue weighted by molar-refractivity contribution is 0.0955. The Kier molecular flexibility index (Phi) is 4.38. The molecule has 3 rings (SSSR count). The molecule has 0 unspecified atom stereocenters. The van der Waals surface area contributed by atoms with Crippen molar-refractivity contribution >= 4 is 16.8 Å². The van der Waals surface area contributed by atoms with Crippen molar-refractivity contribution in [2.75, 3.05) is 6.54 Å². The molecule has 0 fully saturated rings. The van der Waals surface area contributed by atoms with Crippen LogP contribution in [-0.2, 0) is 6.42 Å². The average molecular weight is 304 g/mol. The van der Waals surface area contributed by atoms with Gasteiger partial charge in [0.2, 0.25) is 0 Å². The van der Waals surface area contributed by atoms with E-state index in [0.29, 0.717) is 12.1 Å². The molecule has 0 saturated carbocycles. The summed E-state index contributed by atoms with van der Waals surface area (Å²) in [4.78, 5) is 17.1. The second kappa shape index (κ2) is 6.61. The summed E-state index contributed by atoms with van der Waals surface area (Å²) in [7, 11) is 0. The molecule has 2 aromatic carbocycles. The number of carbonyl (C=O) groups excluding carboxylic acids is 1. The molecule has 3 nitrogen and oxygen atoms in total. The molecular formula is C20H20N2O. The first kappa shape index (κ1) is 15.2. The van der Waals surface area contributed by atoms with E-state index in [4.69, 9.17) is 0 Å². The van der Waals surface area contributed by atoms with E-state index in [1.807, 2.05) is 56.3 Å². The molecule has 0 atom stereocenters. The van der Waals surface area contributed by atoms with Crippen LogP contribution in [0.25, 0.3) is 10.9 Å². The maximum Gasteiger partial charge on any atom is 0.252 e. The Bertz CT molecular complexity index is 841. The van der Waals surface area contributed by atoms with Crippen LogP contribution in [-0.4, -0.2) is 17.4 Å². The number of hydrogen-bond donors (Lipinski definition) is 1. The van der Waals surface area contributed by atoms with Gasteiger partial charge in [-0.25, -0.2) is 0 Å². The number of carbonyl (C=O) groups is 1. The summed E-state index contributed by atoms with van der Waals surface area (Å²) in [5.74, 6) is -0.0398. The number of rotatable bonds is 4. The topological polar surface area (TPSA) is 42.0 Å². The number of fused-ring (bicyclic) bond motifs is 1. The van der Waals surface area contributed by atoms with Gasteiger partial charge in [0.1, 0.15) is 0 Å². The lowest BCUT2D eigenvalue weighted by Crippen LogP contribution is -2.26. The van der Waals surface area contributed by atoms with Crippen LogP contribution in [0, 0.1) is 13.8 Å². The summed E-state index contributed by atoms with van der Waals surface area (Å²) in [6.07, 6.45) is 0.827. The number of aryl methyl sites for hydroxylation is 2. The zero-order valence-corrected chi connectivity index (χ0v) is 13.5. The zero-order valence-electron chi connectivity index (χ0n) is 13.5. The van der Waals surface area contributed by atoms with E-state index in [-0.39, 0.29) is 5.91 Å². The van der Waals surface area contributed by atoms with E-state index in [1.165, 1.54) is 5.56 Å². The molecule has 3 aromatic rings. The van der Waals surface area contributed by atoms with Crippen molar-refractivity contribution in [1.29, 1.82) is 0 Å². The molecule has 1 amide bonds. The molecule has 0 aliphatic rings. The smallest absolute Gasteiger partial charge is 0.252 e. The first-order valence-corrected chi connectivity index (χ1v) is 7.83. The maximum absolute atomic E-state index is 12.6. The summed E-state index contributed by atoms with van der Waals surface area (Å²) < 4.78 is 0. The average Bonchev–Trinajstić information content (AvgIpc) is 2.55. The molecule has 3 heteroatoms. The number of hydrogen-bond acceptors (Lipinski definition) is 2. The number of nitrogens with one attached hydrogen (secondary N) is 1. The number of nitrogens with zero attached hydrogens (tertiary/aromatic N) is 1. The van der Waals surface area contributed by atoms with Crippen molar-refractivity contribution in [1.82, 2.24) is 10.3 Å². The predicted octanol–water partition coefficient (Wildman–Crippen LogP) is 3.82. The van der Waals surface area contributed by atoms with Gasteiger partial charge in [-0.05, 0) is 44.0 Å². The largest absolute Gasteiger partial charge is 0.352 e. The summed E-state index contributed by atoms with van der Waals surface area (Å²) in [5.41, 5.74) is 4.77. The van der Waals surface area contributed by atoms with E-state index in [1.54, 1.807) is 0 Å². The minimum Gasteiger partial charge on any atom is -0.352 e. The molecule has 1 heterocycles. The van der Waals surface area contributed by atoms with Gasteiger partial charge >= 0.3 is 0 Å². The number of amides is 1. The second-order valence-corrected chi connectivity index (χ2v) is 5.82. The molecule has 0 spiro atoms. The molecule has 0 aliphatic heterocycles. The van der Waals surface area contributed by atoms with Crippen molar-refractivity contribution in [3.63, 3.8) is 0 Å². The predicted molar refractivity (Wildman–Crippen MR) is 93.7 cm³/mol. The van der Waals surface area contributed by atoms with Crippen LogP contribution >= 0.6 is 0 Å². The van der Waals surface area contributed by atoms with E-state index in [9.17, 15) is 4.79 Å². The van der Waals surface area contributed by atoms with Gasteiger partial charge < -0.3 is 5.32 Å². The van der Waals surface area contributed by atoms with Crippen LogP contribution in [0.1, 0.15) is 27.2 Å². The lowest BCUT2D eigenvalue weighted by Gasteiger charge is -2.10. The summed E-state index contributed by atoms with van der Waals surface area (Å²) in [5, 5.41) is 3.93. The standard InChI is InChI=1S/C20H20N2O/c1-14-8-9-19-17(12-14)18(13-15(2)22-19)20(23)21-11-10-16-6-4-3-5-7-16/h3-9,12-13H,10-11H2,1-2H3,(H,21,23). The van der Waals surface area contributed by atoms with E-state index in [0.717, 1.165) is 28.6 Å². The first-order chi connectivity index (χ1) is 11.1. The van der Waals surface area contributed by atoms with Crippen LogP contribution < -0.4 is 5.32 Å². The minimum absolute atomic E-state index is 0.0398. The fraction of sp³-hybridized carbons (Fsp3) is 0.200. The highest BCUT2D eigenvalue weighted by atomic mass is 16.1. The lowest BCUT2D eigenvalue weighted by atomic mass is 10.0. The molecule has 23 heavy (non-hydrogen) atoms. The summed E-state index contributed by atoms with van der Waals surface area (Å²) in [6, 6.07) is 18.0. The van der Waals surface area contributed by atoms with Crippen molar-refractivity contribution in [2.24, 2.45) is 0 Å². The zero-order chi connectivity index (χ0) is 16.2. The Morgan fingerprint density at radius 1 is 1.04 bits per heavy atom. The molecular weight excluding hydrogens is 284 g/mol. The van der Waals surface area contributed by atoms with E-state index in [2.05, 4.69) is 22.4 Å². The quantitative estimate of drug-likeness (QED) is 0.796. The highest BCUT2D eigenvalue weighted by Gasteiger charge is 2.11. The minimum atomic E-state index is -0.0398. The van der Waals surface area contributed by atoms with Crippen molar-refractivity contribution in [2.45, 2.75) is 20.3 Å². The molecule has 1 aromatic heterocycles. The highest BCUT2D eigenvalue weighted by Crippen LogP contribution is 2.20. The van der Waals surface area contributed by atoms with Gasteiger partial charge in [0, 0.05) is 17.6 Å². The Labute approximate surface area is 136 Å². The van der Waals surface area contributed by atoms with Crippen LogP contribution in [0.15, 0.2) is 54.6 Å². The van der Waals surface area contributed by atoms with Crippen molar-refractivity contribution in [3.8, 4) is 0 Å². The fourth-order valence-electron chi connectivity index (χ4n) is 2.72. The molecule has 0 aliphatic carbocycles. The number of pyridine rings is 1. The monoisotopic (exact) mass is 304 g/mol. The molecule has 1 N–H and O–H groups in total.